The molecule has 1 aromatic carbocycles. The SMILES string of the molecule is Cc1ccc(-c2nc(C)c(C(=O)C3CCN(C(C)C)CC3)s2)cc1F. The van der Waals surface area contributed by atoms with Gasteiger partial charge in [-0.25, -0.2) is 9.37 Å². The van der Waals surface area contributed by atoms with Crippen molar-refractivity contribution in [3.8, 4) is 10.6 Å². The van der Waals surface area contributed by atoms with Crippen LogP contribution in [0.5, 0.6) is 0 Å². The highest BCUT2D eigenvalue weighted by Gasteiger charge is 2.29. The monoisotopic (exact) mass is 360 g/mol. The standard InChI is InChI=1S/C20H25FN2OS/c1-12(2)23-9-7-15(8-10-23)18(24)19-14(4)22-20(25-19)16-6-5-13(3)17(21)11-16/h5-6,11-12,15H,7-10H2,1-4H3. The van der Waals surface area contributed by atoms with Gasteiger partial charge in [-0.1, -0.05) is 12.1 Å². The number of piperidine rings is 1. The number of carbonyl (C=O) groups is 1. The molecule has 3 nitrogen and oxygen atoms in total. The molecule has 1 saturated heterocycles. The summed E-state index contributed by atoms with van der Waals surface area (Å²) in [6.07, 6.45) is 1.81. The first-order chi connectivity index (χ1) is 11.9. The van der Waals surface area contributed by atoms with Crippen molar-refractivity contribution in [1.29, 1.82) is 0 Å². The van der Waals surface area contributed by atoms with Crippen molar-refractivity contribution in [3.63, 3.8) is 0 Å². The van der Waals surface area contributed by atoms with Crippen LogP contribution in [-0.2, 0) is 0 Å². The number of hydrogen-bond donors (Lipinski definition) is 0. The lowest BCUT2D eigenvalue weighted by molar-refractivity contribution is 0.0815. The number of Topliss-reactive ketones (excluding diaryl/α,β-unsaturated/α-hetero) is 1. The average Bonchev–Trinajstić information content (AvgIpc) is 2.98. The lowest BCUT2D eigenvalue weighted by Gasteiger charge is -2.33. The highest BCUT2D eigenvalue weighted by atomic mass is 32.1. The van der Waals surface area contributed by atoms with Gasteiger partial charge in [0.1, 0.15) is 10.8 Å². The molecule has 1 fully saturated rings. The third-order valence-corrected chi connectivity index (χ3v) is 6.29. The van der Waals surface area contributed by atoms with E-state index in [-0.39, 0.29) is 17.5 Å². The van der Waals surface area contributed by atoms with Gasteiger partial charge < -0.3 is 4.90 Å². The lowest BCUT2D eigenvalue weighted by atomic mass is 9.91. The number of aromatic nitrogens is 1. The Hall–Kier alpha value is -1.59. The van der Waals surface area contributed by atoms with Crippen LogP contribution in [0.1, 0.15) is 47.6 Å². The first kappa shape index (κ1) is 18.2. The summed E-state index contributed by atoms with van der Waals surface area (Å²) in [6.45, 7) is 9.96. The third kappa shape index (κ3) is 3.82. The van der Waals surface area contributed by atoms with Gasteiger partial charge >= 0.3 is 0 Å². The quantitative estimate of drug-likeness (QED) is 0.730. The van der Waals surface area contributed by atoms with Crippen LogP contribution in [0.25, 0.3) is 10.6 Å². The molecule has 2 aromatic rings. The Bertz CT molecular complexity index is 776. The number of benzene rings is 1. The summed E-state index contributed by atoms with van der Waals surface area (Å²) in [6, 6.07) is 5.66. The van der Waals surface area contributed by atoms with Crippen molar-refractivity contribution in [2.45, 2.75) is 46.6 Å². The Balaban J connectivity index is 1.78. The Labute approximate surface area is 152 Å². The van der Waals surface area contributed by atoms with Crippen LogP contribution < -0.4 is 0 Å². The molecule has 0 amide bonds. The molecule has 0 radical (unpaired) electrons. The fourth-order valence-corrected chi connectivity index (χ4v) is 4.42. The van der Waals surface area contributed by atoms with Crippen molar-refractivity contribution in [2.75, 3.05) is 13.1 Å². The molecular weight excluding hydrogens is 335 g/mol. The van der Waals surface area contributed by atoms with Crippen LogP contribution in [0.15, 0.2) is 18.2 Å². The summed E-state index contributed by atoms with van der Waals surface area (Å²) in [4.78, 5) is 20.6. The zero-order valence-electron chi connectivity index (χ0n) is 15.3. The lowest BCUT2D eigenvalue weighted by Crippen LogP contribution is -2.40. The van der Waals surface area contributed by atoms with Crippen molar-refractivity contribution >= 4 is 17.1 Å². The van der Waals surface area contributed by atoms with Gasteiger partial charge in [-0.2, -0.15) is 0 Å². The third-order valence-electron chi connectivity index (χ3n) is 5.07. The van der Waals surface area contributed by atoms with Gasteiger partial charge in [0.05, 0.1) is 10.6 Å². The Morgan fingerprint density at radius 3 is 2.56 bits per heavy atom. The molecule has 134 valence electrons. The molecule has 1 aliphatic heterocycles. The highest BCUT2D eigenvalue weighted by molar-refractivity contribution is 7.17. The number of halogens is 1. The minimum atomic E-state index is -0.237. The fraction of sp³-hybridized carbons (Fsp3) is 0.500. The topological polar surface area (TPSA) is 33.2 Å². The van der Waals surface area contributed by atoms with Gasteiger partial charge in [0.2, 0.25) is 0 Å². The van der Waals surface area contributed by atoms with Crippen LogP contribution in [0, 0.1) is 25.6 Å². The number of ketones is 1. The molecule has 1 aromatic heterocycles. The van der Waals surface area contributed by atoms with E-state index < -0.39 is 0 Å². The second kappa shape index (κ2) is 7.34. The smallest absolute Gasteiger partial charge is 0.177 e. The molecule has 0 bridgehead atoms. The molecular formula is C20H25FN2OS. The first-order valence-corrected chi connectivity index (χ1v) is 9.70. The van der Waals surface area contributed by atoms with E-state index in [1.807, 2.05) is 13.0 Å². The second-order valence-corrected chi connectivity index (χ2v) is 8.16. The van der Waals surface area contributed by atoms with E-state index in [2.05, 4.69) is 23.7 Å². The molecule has 5 heteroatoms. The molecule has 2 heterocycles. The van der Waals surface area contributed by atoms with Crippen molar-refractivity contribution < 1.29 is 9.18 Å². The fourth-order valence-electron chi connectivity index (χ4n) is 3.34. The minimum absolute atomic E-state index is 0.0803. The average molecular weight is 360 g/mol. The summed E-state index contributed by atoms with van der Waals surface area (Å²) in [7, 11) is 0. The Morgan fingerprint density at radius 2 is 1.96 bits per heavy atom. The van der Waals surface area contributed by atoms with Gasteiger partial charge in [0.25, 0.3) is 0 Å². The van der Waals surface area contributed by atoms with Crippen molar-refractivity contribution in [1.82, 2.24) is 9.88 Å². The maximum Gasteiger partial charge on any atom is 0.177 e. The molecule has 0 spiro atoms. The number of aryl methyl sites for hydroxylation is 2. The van der Waals surface area contributed by atoms with Gasteiger partial charge in [0.15, 0.2) is 5.78 Å². The second-order valence-electron chi connectivity index (χ2n) is 7.17. The number of nitrogens with zero attached hydrogens (tertiary/aromatic N) is 2. The number of likely N-dealkylation sites (tertiary alicyclic amines) is 1. The Kier molecular flexibility index (Phi) is 5.35. The van der Waals surface area contributed by atoms with Gasteiger partial charge in [-0.05, 0) is 65.3 Å². The summed E-state index contributed by atoms with van der Waals surface area (Å²) in [5, 5.41) is 0.722. The predicted octanol–water partition coefficient (Wildman–Crippen LogP) is 4.87. The van der Waals surface area contributed by atoms with E-state index >= 15 is 0 Å². The normalized spacial score (nSPS) is 16.6. The molecule has 3 rings (SSSR count). The molecule has 0 unspecified atom stereocenters. The van der Waals surface area contributed by atoms with Crippen LogP contribution in [0.4, 0.5) is 4.39 Å². The van der Waals surface area contributed by atoms with Crippen molar-refractivity contribution in [3.05, 3.63) is 40.2 Å². The highest BCUT2D eigenvalue weighted by Crippen LogP contribution is 2.32. The van der Waals surface area contributed by atoms with Crippen LogP contribution >= 0.6 is 11.3 Å². The van der Waals surface area contributed by atoms with Gasteiger partial charge in [-0.15, -0.1) is 11.3 Å². The summed E-state index contributed by atoms with van der Waals surface area (Å²) >= 11 is 1.40. The van der Waals surface area contributed by atoms with E-state index in [1.54, 1.807) is 13.0 Å². The first-order valence-electron chi connectivity index (χ1n) is 8.89. The summed E-state index contributed by atoms with van der Waals surface area (Å²) < 4.78 is 13.8. The van der Waals surface area contributed by atoms with Crippen LogP contribution in [-0.4, -0.2) is 34.8 Å². The Morgan fingerprint density at radius 1 is 1.28 bits per heavy atom. The van der Waals surface area contributed by atoms with E-state index in [4.69, 9.17) is 0 Å². The number of hydrogen-bond acceptors (Lipinski definition) is 4. The molecule has 0 saturated carbocycles. The predicted molar refractivity (Wildman–Crippen MR) is 101 cm³/mol. The van der Waals surface area contributed by atoms with E-state index in [0.717, 1.165) is 47.1 Å². The van der Waals surface area contributed by atoms with E-state index in [0.29, 0.717) is 11.6 Å². The number of rotatable bonds is 4. The van der Waals surface area contributed by atoms with E-state index in [1.165, 1.54) is 17.4 Å². The molecule has 25 heavy (non-hydrogen) atoms. The largest absolute Gasteiger partial charge is 0.301 e. The summed E-state index contributed by atoms with van der Waals surface area (Å²) in [5.74, 6) is 0.0493. The maximum atomic E-state index is 13.8. The molecule has 0 atom stereocenters. The van der Waals surface area contributed by atoms with Gasteiger partial charge in [0, 0.05) is 17.5 Å². The van der Waals surface area contributed by atoms with E-state index in [9.17, 15) is 9.18 Å². The zero-order valence-corrected chi connectivity index (χ0v) is 16.1. The number of carbonyl (C=O) groups excluding carboxylic acids is 1. The molecule has 1 aliphatic rings. The zero-order chi connectivity index (χ0) is 18.1. The maximum absolute atomic E-state index is 13.8. The molecule has 0 N–H and O–H groups in total. The summed E-state index contributed by atoms with van der Waals surface area (Å²) in [5.41, 5.74) is 2.12. The molecule has 0 aliphatic carbocycles. The van der Waals surface area contributed by atoms with Crippen LogP contribution in [0.2, 0.25) is 0 Å². The van der Waals surface area contributed by atoms with Crippen LogP contribution in [0.3, 0.4) is 0 Å². The van der Waals surface area contributed by atoms with Crippen molar-refractivity contribution in [2.24, 2.45) is 5.92 Å². The van der Waals surface area contributed by atoms with Gasteiger partial charge in [-0.3, -0.25) is 4.79 Å². The minimum Gasteiger partial charge on any atom is -0.301 e. The number of thiazole rings is 1.